The van der Waals surface area contributed by atoms with E-state index >= 15 is 0 Å². The Hall–Kier alpha value is -0.670. The topological polar surface area (TPSA) is 29.3 Å². The van der Waals surface area contributed by atoms with Crippen LogP contribution in [-0.2, 0) is 0 Å². The molecule has 94 valence electrons. The van der Waals surface area contributed by atoms with Crippen molar-refractivity contribution in [2.75, 3.05) is 31.1 Å². The molecule has 2 rings (SSSR count). The van der Waals surface area contributed by atoms with Gasteiger partial charge in [0.15, 0.2) is 0 Å². The molecule has 0 bridgehead atoms. The number of hydrogen-bond acceptors (Lipinski definition) is 3. The number of rotatable bonds is 4. The molecule has 0 saturated carbocycles. The summed E-state index contributed by atoms with van der Waals surface area (Å²) < 4.78 is 0. The summed E-state index contributed by atoms with van der Waals surface area (Å²) in [6.07, 6.45) is 4.17. The zero-order valence-corrected chi connectivity index (χ0v) is 11.4. The highest BCUT2D eigenvalue weighted by Crippen LogP contribution is 2.26. The van der Waals surface area contributed by atoms with Crippen LogP contribution >= 0.6 is 11.8 Å². The molecule has 1 aliphatic rings. The van der Waals surface area contributed by atoms with Crippen molar-refractivity contribution in [3.63, 3.8) is 0 Å². The highest BCUT2D eigenvalue weighted by Gasteiger charge is 2.09. The quantitative estimate of drug-likeness (QED) is 0.657. The summed E-state index contributed by atoms with van der Waals surface area (Å²) in [4.78, 5) is 3.92. The van der Waals surface area contributed by atoms with Crippen LogP contribution in [-0.4, -0.2) is 30.3 Å². The van der Waals surface area contributed by atoms with Crippen LogP contribution in [0, 0.1) is 6.92 Å². The second-order valence-electron chi connectivity index (χ2n) is 4.72. The lowest BCUT2D eigenvalue weighted by molar-refractivity contribution is 0.242. The van der Waals surface area contributed by atoms with Crippen molar-refractivity contribution >= 4 is 17.4 Å². The smallest absolute Gasteiger partial charge is 0.0354 e. The van der Waals surface area contributed by atoms with Crippen molar-refractivity contribution in [1.29, 1.82) is 0 Å². The highest BCUT2D eigenvalue weighted by molar-refractivity contribution is 7.99. The van der Waals surface area contributed by atoms with Gasteiger partial charge in [-0.1, -0.05) is 12.5 Å². The van der Waals surface area contributed by atoms with Crippen molar-refractivity contribution < 1.29 is 0 Å². The maximum absolute atomic E-state index is 5.91. The summed E-state index contributed by atoms with van der Waals surface area (Å²) in [6, 6.07) is 6.20. The predicted octanol–water partition coefficient (Wildman–Crippen LogP) is 3.16. The first-order chi connectivity index (χ1) is 8.27. The van der Waals surface area contributed by atoms with E-state index in [1.165, 1.54) is 55.1 Å². The third kappa shape index (κ3) is 3.65. The molecule has 1 fully saturated rings. The average Bonchev–Trinajstić information content (AvgIpc) is 2.36. The molecule has 17 heavy (non-hydrogen) atoms. The van der Waals surface area contributed by atoms with Gasteiger partial charge in [-0.15, -0.1) is 11.8 Å². The van der Waals surface area contributed by atoms with E-state index in [0.29, 0.717) is 0 Å². The van der Waals surface area contributed by atoms with E-state index in [-0.39, 0.29) is 0 Å². The molecule has 0 unspecified atom stereocenters. The molecule has 0 spiro atoms. The van der Waals surface area contributed by atoms with Gasteiger partial charge in [0.1, 0.15) is 0 Å². The van der Waals surface area contributed by atoms with Gasteiger partial charge in [0.2, 0.25) is 0 Å². The average molecular weight is 250 g/mol. The minimum atomic E-state index is 0.910. The van der Waals surface area contributed by atoms with Gasteiger partial charge in [0.05, 0.1) is 0 Å². The molecular formula is C14H22N2S. The molecule has 0 aromatic heterocycles. The lowest BCUT2D eigenvalue weighted by atomic mass is 10.1. The van der Waals surface area contributed by atoms with Crippen molar-refractivity contribution in [3.05, 3.63) is 23.8 Å². The number of hydrogen-bond donors (Lipinski definition) is 1. The van der Waals surface area contributed by atoms with Gasteiger partial charge in [-0.25, -0.2) is 0 Å². The van der Waals surface area contributed by atoms with Crippen LogP contribution < -0.4 is 5.73 Å². The van der Waals surface area contributed by atoms with Crippen molar-refractivity contribution in [1.82, 2.24) is 4.90 Å². The number of nitrogens with zero attached hydrogens (tertiary/aromatic N) is 1. The number of piperidine rings is 1. The largest absolute Gasteiger partial charge is 0.398 e. The minimum Gasteiger partial charge on any atom is -0.398 e. The fourth-order valence-corrected chi connectivity index (χ4v) is 3.33. The summed E-state index contributed by atoms with van der Waals surface area (Å²) in [5.74, 6) is 1.17. The molecule has 1 aliphatic heterocycles. The van der Waals surface area contributed by atoms with E-state index < -0.39 is 0 Å². The van der Waals surface area contributed by atoms with E-state index in [0.717, 1.165) is 5.69 Å². The van der Waals surface area contributed by atoms with E-state index in [1.807, 2.05) is 23.9 Å². The van der Waals surface area contributed by atoms with E-state index in [2.05, 4.69) is 17.9 Å². The van der Waals surface area contributed by atoms with Gasteiger partial charge in [-0.2, -0.15) is 0 Å². The maximum Gasteiger partial charge on any atom is 0.0354 e. The standard InChI is InChI=1S/C14H22N2S/c1-12-13(15)6-5-7-14(12)17-11-10-16-8-3-2-4-9-16/h5-7H,2-4,8-11,15H2,1H3. The molecule has 1 saturated heterocycles. The fraction of sp³-hybridized carbons (Fsp3) is 0.571. The van der Waals surface area contributed by atoms with Gasteiger partial charge in [0.25, 0.3) is 0 Å². The van der Waals surface area contributed by atoms with Gasteiger partial charge in [0, 0.05) is 22.9 Å². The number of thioether (sulfide) groups is 1. The summed E-state index contributed by atoms with van der Waals surface area (Å²) in [6.45, 7) is 5.89. The number of likely N-dealkylation sites (tertiary alicyclic amines) is 1. The Morgan fingerprint density at radius 3 is 2.76 bits per heavy atom. The number of anilines is 1. The van der Waals surface area contributed by atoms with Crippen molar-refractivity contribution in [2.45, 2.75) is 31.1 Å². The summed E-state index contributed by atoms with van der Waals surface area (Å²) >= 11 is 1.93. The van der Waals surface area contributed by atoms with Crippen LogP contribution in [0.5, 0.6) is 0 Å². The Bertz CT molecular complexity index is 359. The summed E-state index contributed by atoms with van der Waals surface area (Å²) in [5, 5.41) is 0. The fourth-order valence-electron chi connectivity index (χ4n) is 2.26. The Kier molecular flexibility index (Phi) is 4.75. The second kappa shape index (κ2) is 6.31. The van der Waals surface area contributed by atoms with Crippen LogP contribution in [0.4, 0.5) is 5.69 Å². The van der Waals surface area contributed by atoms with Crippen LogP contribution in [0.2, 0.25) is 0 Å². The molecular weight excluding hydrogens is 228 g/mol. The van der Waals surface area contributed by atoms with Crippen molar-refractivity contribution in [3.8, 4) is 0 Å². The monoisotopic (exact) mass is 250 g/mol. The Morgan fingerprint density at radius 2 is 2.00 bits per heavy atom. The van der Waals surface area contributed by atoms with Crippen LogP contribution in [0.1, 0.15) is 24.8 Å². The number of benzene rings is 1. The lowest BCUT2D eigenvalue weighted by Crippen LogP contribution is -2.31. The SMILES string of the molecule is Cc1c(N)cccc1SCCN1CCCCC1. The molecule has 2 nitrogen and oxygen atoms in total. The molecule has 3 heteroatoms. The lowest BCUT2D eigenvalue weighted by Gasteiger charge is -2.26. The molecule has 1 heterocycles. The molecule has 0 atom stereocenters. The van der Waals surface area contributed by atoms with E-state index in [1.54, 1.807) is 0 Å². The van der Waals surface area contributed by atoms with E-state index in [4.69, 9.17) is 5.73 Å². The third-order valence-electron chi connectivity index (χ3n) is 3.44. The molecule has 1 aromatic carbocycles. The second-order valence-corrected chi connectivity index (χ2v) is 5.86. The minimum absolute atomic E-state index is 0.910. The van der Waals surface area contributed by atoms with Gasteiger partial charge >= 0.3 is 0 Å². The summed E-state index contributed by atoms with van der Waals surface area (Å²) in [7, 11) is 0. The van der Waals surface area contributed by atoms with Crippen LogP contribution in [0.3, 0.4) is 0 Å². The normalized spacial score (nSPS) is 17.2. The Labute approximate surface area is 109 Å². The molecule has 1 aromatic rings. The molecule has 0 aliphatic carbocycles. The first kappa shape index (κ1) is 12.8. The molecule has 0 radical (unpaired) electrons. The number of nitrogen functional groups attached to an aromatic ring is 1. The molecule has 2 N–H and O–H groups in total. The van der Waals surface area contributed by atoms with Crippen LogP contribution in [0.15, 0.2) is 23.1 Å². The van der Waals surface area contributed by atoms with Gasteiger partial charge in [-0.05, 0) is 50.6 Å². The highest BCUT2D eigenvalue weighted by atomic mass is 32.2. The van der Waals surface area contributed by atoms with E-state index in [9.17, 15) is 0 Å². The van der Waals surface area contributed by atoms with Crippen molar-refractivity contribution in [2.24, 2.45) is 0 Å². The van der Waals surface area contributed by atoms with Gasteiger partial charge in [-0.3, -0.25) is 0 Å². The third-order valence-corrected chi connectivity index (χ3v) is 4.58. The zero-order chi connectivity index (χ0) is 12.1. The molecule has 0 amide bonds. The first-order valence-corrected chi connectivity index (χ1v) is 7.46. The zero-order valence-electron chi connectivity index (χ0n) is 10.6. The van der Waals surface area contributed by atoms with Gasteiger partial charge < -0.3 is 10.6 Å². The first-order valence-electron chi connectivity index (χ1n) is 6.47. The Balaban J connectivity index is 1.79. The van der Waals surface area contributed by atoms with Crippen LogP contribution in [0.25, 0.3) is 0 Å². The predicted molar refractivity (Wildman–Crippen MR) is 76.6 cm³/mol. The Morgan fingerprint density at radius 1 is 1.24 bits per heavy atom. The maximum atomic E-state index is 5.91. The summed E-state index contributed by atoms with van der Waals surface area (Å²) in [5.41, 5.74) is 8.05. The number of nitrogens with two attached hydrogens (primary N) is 1.